The molecule has 1 aromatic heterocycles. The Bertz CT molecular complexity index is 1220. The van der Waals surface area contributed by atoms with Gasteiger partial charge in [0, 0.05) is 23.5 Å². The Hall–Kier alpha value is -3.89. The quantitative estimate of drug-likeness (QED) is 0.265. The Balaban J connectivity index is 1.97. The molecule has 150 valence electrons. The van der Waals surface area contributed by atoms with Crippen LogP contribution in [0.4, 0.5) is 11.4 Å². The lowest BCUT2D eigenvalue weighted by Gasteiger charge is -2.09. The summed E-state index contributed by atoms with van der Waals surface area (Å²) in [6, 6.07) is 16.7. The summed E-state index contributed by atoms with van der Waals surface area (Å²) < 4.78 is 1.83. The molecule has 2 aromatic carbocycles. The molecule has 1 N–H and O–H groups in total. The number of nitro benzene ring substituents is 1. The number of nitrogens with zero attached hydrogens (tertiary/aromatic N) is 3. The van der Waals surface area contributed by atoms with Crippen LogP contribution in [0.5, 0.6) is 0 Å². The molecule has 0 aliphatic rings. The highest BCUT2D eigenvalue weighted by Crippen LogP contribution is 2.26. The topological polar surface area (TPSA) is 101 Å². The fourth-order valence-corrected chi connectivity index (χ4v) is 3.32. The van der Waals surface area contributed by atoms with Crippen LogP contribution in [0.15, 0.2) is 60.2 Å². The number of nitrogens with one attached hydrogen (secondary N) is 1. The fraction of sp³-hybridized carbons (Fsp3) is 0.0909. The van der Waals surface area contributed by atoms with E-state index in [9.17, 15) is 20.2 Å². The minimum Gasteiger partial charge on any atom is -0.320 e. The molecule has 0 fully saturated rings. The van der Waals surface area contributed by atoms with Gasteiger partial charge in [-0.05, 0) is 49.8 Å². The Labute approximate surface area is 178 Å². The molecule has 7 nitrogen and oxygen atoms in total. The zero-order valence-electron chi connectivity index (χ0n) is 16.2. The van der Waals surface area contributed by atoms with Gasteiger partial charge in [0.05, 0.1) is 21.3 Å². The number of aryl methyl sites for hydroxylation is 1. The maximum Gasteiger partial charge on any atom is 0.271 e. The van der Waals surface area contributed by atoms with Gasteiger partial charge in [0.1, 0.15) is 11.6 Å². The number of carbonyl (C=O) groups excluding carboxylic acids is 1. The molecule has 0 aliphatic carbocycles. The Morgan fingerprint density at radius 3 is 2.60 bits per heavy atom. The van der Waals surface area contributed by atoms with Crippen LogP contribution in [0.3, 0.4) is 0 Å². The summed E-state index contributed by atoms with van der Waals surface area (Å²) >= 11 is 6.06. The predicted octanol–water partition coefficient (Wildman–Crippen LogP) is 5.20. The summed E-state index contributed by atoms with van der Waals surface area (Å²) in [4.78, 5) is 23.2. The third-order valence-corrected chi connectivity index (χ3v) is 4.89. The lowest BCUT2D eigenvalue weighted by molar-refractivity contribution is -0.384. The van der Waals surface area contributed by atoms with E-state index in [0.29, 0.717) is 22.0 Å². The summed E-state index contributed by atoms with van der Waals surface area (Å²) in [7, 11) is 0. The lowest BCUT2D eigenvalue weighted by atomic mass is 10.1. The zero-order valence-corrected chi connectivity index (χ0v) is 17.0. The number of benzene rings is 2. The highest BCUT2D eigenvalue weighted by molar-refractivity contribution is 6.34. The number of nitro groups is 1. The molecule has 3 aromatic rings. The van der Waals surface area contributed by atoms with Crippen molar-refractivity contribution in [3.8, 4) is 11.8 Å². The molecule has 0 radical (unpaired) electrons. The van der Waals surface area contributed by atoms with Gasteiger partial charge in [-0.2, -0.15) is 5.26 Å². The third kappa shape index (κ3) is 4.24. The molecular formula is C22H17ClN4O3. The van der Waals surface area contributed by atoms with E-state index >= 15 is 0 Å². The number of para-hydroxylation sites is 1. The number of rotatable bonds is 5. The number of nitriles is 1. The van der Waals surface area contributed by atoms with E-state index in [2.05, 4.69) is 5.32 Å². The van der Waals surface area contributed by atoms with Crippen LogP contribution >= 0.6 is 11.6 Å². The zero-order chi connectivity index (χ0) is 21.8. The third-order valence-electron chi connectivity index (χ3n) is 4.56. The normalized spacial score (nSPS) is 11.1. The molecule has 0 saturated carbocycles. The van der Waals surface area contributed by atoms with Crippen molar-refractivity contribution in [1.82, 2.24) is 4.57 Å². The summed E-state index contributed by atoms with van der Waals surface area (Å²) in [6.45, 7) is 3.66. The van der Waals surface area contributed by atoms with Crippen molar-refractivity contribution in [2.24, 2.45) is 0 Å². The number of carbonyl (C=O) groups is 1. The molecule has 0 atom stereocenters. The molecule has 3 rings (SSSR count). The lowest BCUT2D eigenvalue weighted by Crippen LogP contribution is -2.13. The van der Waals surface area contributed by atoms with Crippen molar-refractivity contribution < 1.29 is 9.72 Å². The number of hydrogen-bond acceptors (Lipinski definition) is 4. The molecule has 0 aliphatic heterocycles. The largest absolute Gasteiger partial charge is 0.320 e. The second kappa shape index (κ2) is 8.64. The van der Waals surface area contributed by atoms with Gasteiger partial charge < -0.3 is 9.88 Å². The molecule has 8 heteroatoms. The average molecular weight is 421 g/mol. The summed E-state index contributed by atoms with van der Waals surface area (Å²) in [5.74, 6) is -0.578. The summed E-state index contributed by atoms with van der Waals surface area (Å²) in [6.07, 6.45) is 1.49. The van der Waals surface area contributed by atoms with Crippen LogP contribution in [-0.2, 0) is 4.79 Å². The molecule has 1 heterocycles. The first kappa shape index (κ1) is 20.8. The number of anilines is 1. The molecular weight excluding hydrogens is 404 g/mol. The average Bonchev–Trinajstić information content (AvgIpc) is 3.00. The van der Waals surface area contributed by atoms with Gasteiger partial charge in [-0.3, -0.25) is 14.9 Å². The van der Waals surface area contributed by atoms with E-state index in [4.69, 9.17) is 11.6 Å². The second-order valence-corrected chi connectivity index (χ2v) is 6.95. The van der Waals surface area contributed by atoms with Crippen LogP contribution in [0, 0.1) is 35.3 Å². The maximum atomic E-state index is 12.6. The number of amides is 1. The summed E-state index contributed by atoms with van der Waals surface area (Å²) in [5, 5.41) is 23.6. The van der Waals surface area contributed by atoms with Gasteiger partial charge >= 0.3 is 0 Å². The molecule has 0 saturated heterocycles. The van der Waals surface area contributed by atoms with Crippen molar-refractivity contribution in [2.75, 3.05) is 5.32 Å². The minimum atomic E-state index is -0.578. The monoisotopic (exact) mass is 420 g/mol. The van der Waals surface area contributed by atoms with E-state index < -0.39 is 10.8 Å². The van der Waals surface area contributed by atoms with Crippen LogP contribution in [-0.4, -0.2) is 15.4 Å². The van der Waals surface area contributed by atoms with Crippen molar-refractivity contribution in [2.45, 2.75) is 13.8 Å². The summed E-state index contributed by atoms with van der Waals surface area (Å²) in [5.41, 5.74) is 3.13. The smallest absolute Gasteiger partial charge is 0.271 e. The van der Waals surface area contributed by atoms with Crippen LogP contribution in [0.25, 0.3) is 11.8 Å². The van der Waals surface area contributed by atoms with Crippen molar-refractivity contribution >= 4 is 35.0 Å². The fourth-order valence-electron chi connectivity index (χ4n) is 3.13. The minimum absolute atomic E-state index is 0.0195. The van der Waals surface area contributed by atoms with E-state index in [1.54, 1.807) is 36.4 Å². The molecule has 30 heavy (non-hydrogen) atoms. The Morgan fingerprint density at radius 2 is 1.93 bits per heavy atom. The first-order valence-electron chi connectivity index (χ1n) is 8.93. The maximum absolute atomic E-state index is 12.6. The van der Waals surface area contributed by atoms with Gasteiger partial charge in [0.25, 0.3) is 11.6 Å². The van der Waals surface area contributed by atoms with E-state index in [1.807, 2.05) is 30.6 Å². The van der Waals surface area contributed by atoms with Gasteiger partial charge in [0.15, 0.2) is 0 Å². The van der Waals surface area contributed by atoms with Gasteiger partial charge in [0.2, 0.25) is 0 Å². The van der Waals surface area contributed by atoms with Gasteiger partial charge in [-0.15, -0.1) is 0 Å². The van der Waals surface area contributed by atoms with E-state index in [1.165, 1.54) is 18.2 Å². The SMILES string of the molecule is Cc1cc(/C=C(/C#N)C(=O)Nc2ccccc2Cl)c(C)n1-c1cccc([N+](=O)[O-])c1. The van der Waals surface area contributed by atoms with E-state index in [0.717, 1.165) is 11.4 Å². The molecule has 0 spiro atoms. The Kier molecular flexibility index (Phi) is 6.00. The Morgan fingerprint density at radius 1 is 1.20 bits per heavy atom. The second-order valence-electron chi connectivity index (χ2n) is 6.54. The predicted molar refractivity (Wildman–Crippen MR) is 116 cm³/mol. The van der Waals surface area contributed by atoms with E-state index in [-0.39, 0.29) is 11.3 Å². The highest BCUT2D eigenvalue weighted by atomic mass is 35.5. The number of non-ortho nitro benzene ring substituents is 1. The first-order valence-corrected chi connectivity index (χ1v) is 9.31. The number of hydrogen-bond donors (Lipinski definition) is 1. The highest BCUT2D eigenvalue weighted by Gasteiger charge is 2.16. The van der Waals surface area contributed by atoms with Crippen LogP contribution in [0.2, 0.25) is 5.02 Å². The van der Waals surface area contributed by atoms with Crippen LogP contribution in [0.1, 0.15) is 17.0 Å². The molecule has 0 unspecified atom stereocenters. The van der Waals surface area contributed by atoms with Crippen molar-refractivity contribution in [3.05, 3.63) is 92.3 Å². The van der Waals surface area contributed by atoms with Crippen molar-refractivity contribution in [1.29, 1.82) is 5.26 Å². The molecule has 1 amide bonds. The van der Waals surface area contributed by atoms with Crippen molar-refractivity contribution in [3.63, 3.8) is 0 Å². The van der Waals surface area contributed by atoms with Crippen LogP contribution < -0.4 is 5.32 Å². The first-order chi connectivity index (χ1) is 14.3. The van der Waals surface area contributed by atoms with Gasteiger partial charge in [-0.1, -0.05) is 29.8 Å². The molecule has 0 bridgehead atoms. The number of halogens is 1. The van der Waals surface area contributed by atoms with Gasteiger partial charge in [-0.25, -0.2) is 0 Å². The number of aromatic nitrogens is 1. The standard InChI is InChI=1S/C22H17ClN4O3/c1-14-10-16(15(2)26(14)18-6-5-7-19(12-18)27(29)30)11-17(13-24)22(28)25-21-9-4-3-8-20(21)23/h3-12H,1-2H3,(H,25,28)/b17-11-.